The molecule has 0 saturated heterocycles. The maximum absolute atomic E-state index is 10.8. The van der Waals surface area contributed by atoms with Gasteiger partial charge in [0.25, 0.3) is 0 Å². The van der Waals surface area contributed by atoms with Crippen LogP contribution in [0.15, 0.2) is 30.3 Å². The zero-order valence-electron chi connectivity index (χ0n) is 8.53. The number of benzene rings is 1. The Bertz CT molecular complexity index is 297. The van der Waals surface area contributed by atoms with Crippen LogP contribution in [-0.2, 0) is 4.79 Å². The number of rotatable bonds is 4. The third-order valence-corrected chi connectivity index (χ3v) is 2.23. The fraction of sp³-hybridized carbons (Fsp3) is 0.364. The summed E-state index contributed by atoms with van der Waals surface area (Å²) >= 11 is 0. The molecule has 2 atom stereocenters. The first-order valence-electron chi connectivity index (χ1n) is 4.71. The molecule has 0 heterocycles. The standard InChI is InChI=1S/C11H16N2O/c1-8(13-9(2)11(12)14)10-6-4-3-5-7-10/h3-9,13H,1-2H3,(H2,12,14). The molecule has 0 bridgehead atoms. The van der Waals surface area contributed by atoms with Crippen molar-refractivity contribution in [3.8, 4) is 0 Å². The fourth-order valence-corrected chi connectivity index (χ4v) is 1.30. The van der Waals surface area contributed by atoms with Crippen LogP contribution in [0.4, 0.5) is 0 Å². The summed E-state index contributed by atoms with van der Waals surface area (Å²) in [5.74, 6) is -0.326. The summed E-state index contributed by atoms with van der Waals surface area (Å²) in [7, 11) is 0. The average Bonchev–Trinajstić information content (AvgIpc) is 2.19. The highest BCUT2D eigenvalue weighted by Gasteiger charge is 2.12. The first kappa shape index (κ1) is 10.7. The third kappa shape index (κ3) is 2.85. The topological polar surface area (TPSA) is 55.1 Å². The van der Waals surface area contributed by atoms with Gasteiger partial charge in [0, 0.05) is 6.04 Å². The zero-order valence-corrected chi connectivity index (χ0v) is 8.53. The van der Waals surface area contributed by atoms with Crippen molar-refractivity contribution < 1.29 is 4.79 Å². The molecule has 0 spiro atoms. The summed E-state index contributed by atoms with van der Waals surface area (Å²) in [6.45, 7) is 3.77. The van der Waals surface area contributed by atoms with Gasteiger partial charge in [-0.2, -0.15) is 0 Å². The van der Waals surface area contributed by atoms with Gasteiger partial charge in [-0.1, -0.05) is 30.3 Å². The number of carbonyl (C=O) groups excluding carboxylic acids is 1. The SMILES string of the molecule is CC(NC(C)c1ccccc1)C(N)=O. The Kier molecular flexibility index (Phi) is 3.65. The van der Waals surface area contributed by atoms with Crippen molar-refractivity contribution in [2.45, 2.75) is 25.9 Å². The highest BCUT2D eigenvalue weighted by Crippen LogP contribution is 2.11. The molecule has 0 fully saturated rings. The molecule has 14 heavy (non-hydrogen) atoms. The Labute approximate surface area is 84.3 Å². The minimum atomic E-state index is -0.326. The molecule has 0 aliphatic heterocycles. The molecule has 0 radical (unpaired) electrons. The number of hydrogen-bond acceptors (Lipinski definition) is 2. The summed E-state index contributed by atoms with van der Waals surface area (Å²) in [6, 6.07) is 9.79. The molecule has 0 aliphatic rings. The van der Waals surface area contributed by atoms with Crippen molar-refractivity contribution >= 4 is 5.91 Å². The van der Waals surface area contributed by atoms with Crippen LogP contribution in [0.3, 0.4) is 0 Å². The van der Waals surface area contributed by atoms with Gasteiger partial charge in [-0.3, -0.25) is 10.1 Å². The Morgan fingerprint density at radius 2 is 1.86 bits per heavy atom. The molecule has 3 N–H and O–H groups in total. The van der Waals surface area contributed by atoms with E-state index in [0.717, 1.165) is 5.56 Å². The predicted molar refractivity (Wildman–Crippen MR) is 56.6 cm³/mol. The zero-order chi connectivity index (χ0) is 10.6. The number of nitrogens with two attached hydrogens (primary N) is 1. The van der Waals surface area contributed by atoms with E-state index in [1.165, 1.54) is 0 Å². The van der Waals surface area contributed by atoms with Crippen LogP contribution in [0.5, 0.6) is 0 Å². The van der Waals surface area contributed by atoms with Crippen LogP contribution in [0.1, 0.15) is 25.5 Å². The van der Waals surface area contributed by atoms with Crippen LogP contribution in [0.2, 0.25) is 0 Å². The molecule has 1 rings (SSSR count). The Morgan fingerprint density at radius 3 is 2.36 bits per heavy atom. The summed E-state index contributed by atoms with van der Waals surface area (Å²) in [6.07, 6.45) is 0. The second kappa shape index (κ2) is 4.77. The third-order valence-electron chi connectivity index (χ3n) is 2.23. The minimum absolute atomic E-state index is 0.138. The van der Waals surface area contributed by atoms with Crippen LogP contribution < -0.4 is 11.1 Å². The van der Waals surface area contributed by atoms with Crippen molar-refractivity contribution in [1.29, 1.82) is 0 Å². The normalized spacial score (nSPS) is 14.7. The van der Waals surface area contributed by atoms with Gasteiger partial charge in [-0.15, -0.1) is 0 Å². The van der Waals surface area contributed by atoms with E-state index in [4.69, 9.17) is 5.73 Å². The van der Waals surface area contributed by atoms with Crippen molar-refractivity contribution in [3.05, 3.63) is 35.9 Å². The highest BCUT2D eigenvalue weighted by atomic mass is 16.1. The van der Waals surface area contributed by atoms with Crippen LogP contribution in [0.25, 0.3) is 0 Å². The number of hydrogen-bond donors (Lipinski definition) is 2. The number of nitrogens with one attached hydrogen (secondary N) is 1. The highest BCUT2D eigenvalue weighted by molar-refractivity contribution is 5.79. The van der Waals surface area contributed by atoms with E-state index in [-0.39, 0.29) is 18.0 Å². The fourth-order valence-electron chi connectivity index (χ4n) is 1.30. The molecule has 0 aromatic heterocycles. The lowest BCUT2D eigenvalue weighted by Gasteiger charge is -2.17. The maximum Gasteiger partial charge on any atom is 0.234 e. The van der Waals surface area contributed by atoms with Gasteiger partial charge in [-0.05, 0) is 19.4 Å². The Morgan fingerprint density at radius 1 is 1.29 bits per heavy atom. The Balaban J connectivity index is 2.59. The van der Waals surface area contributed by atoms with Gasteiger partial charge in [0.1, 0.15) is 0 Å². The van der Waals surface area contributed by atoms with Gasteiger partial charge >= 0.3 is 0 Å². The van der Waals surface area contributed by atoms with Crippen molar-refractivity contribution in [2.75, 3.05) is 0 Å². The van der Waals surface area contributed by atoms with E-state index in [1.54, 1.807) is 6.92 Å². The van der Waals surface area contributed by atoms with E-state index in [2.05, 4.69) is 5.32 Å². The summed E-state index contributed by atoms with van der Waals surface area (Å²) in [5.41, 5.74) is 6.31. The quantitative estimate of drug-likeness (QED) is 0.753. The maximum atomic E-state index is 10.8. The van der Waals surface area contributed by atoms with Gasteiger partial charge in [-0.25, -0.2) is 0 Å². The molecule has 76 valence electrons. The number of amides is 1. The van der Waals surface area contributed by atoms with Crippen molar-refractivity contribution in [1.82, 2.24) is 5.32 Å². The lowest BCUT2D eigenvalue weighted by molar-refractivity contribution is -0.119. The lowest BCUT2D eigenvalue weighted by atomic mass is 10.1. The number of carbonyl (C=O) groups is 1. The summed E-state index contributed by atoms with van der Waals surface area (Å²) < 4.78 is 0. The van der Waals surface area contributed by atoms with Crippen LogP contribution in [-0.4, -0.2) is 11.9 Å². The van der Waals surface area contributed by atoms with E-state index in [0.29, 0.717) is 0 Å². The van der Waals surface area contributed by atoms with Gasteiger partial charge in [0.15, 0.2) is 0 Å². The molecule has 3 nitrogen and oxygen atoms in total. The molecule has 1 aromatic rings. The van der Waals surface area contributed by atoms with Crippen molar-refractivity contribution in [2.24, 2.45) is 5.73 Å². The summed E-state index contributed by atoms with van der Waals surface area (Å²) in [5, 5.41) is 3.12. The molecule has 1 amide bonds. The van der Waals surface area contributed by atoms with Crippen molar-refractivity contribution in [3.63, 3.8) is 0 Å². The first-order valence-corrected chi connectivity index (χ1v) is 4.71. The number of primary amides is 1. The largest absolute Gasteiger partial charge is 0.368 e. The molecule has 0 aliphatic carbocycles. The van der Waals surface area contributed by atoms with Gasteiger partial charge < -0.3 is 5.73 Å². The van der Waals surface area contributed by atoms with E-state index in [1.807, 2.05) is 37.3 Å². The molecule has 3 heteroatoms. The Hall–Kier alpha value is -1.35. The second-order valence-electron chi connectivity index (χ2n) is 3.42. The monoisotopic (exact) mass is 192 g/mol. The molecule has 2 unspecified atom stereocenters. The molecular formula is C11H16N2O. The predicted octanol–water partition coefficient (Wildman–Crippen LogP) is 1.21. The molecule has 1 aromatic carbocycles. The second-order valence-corrected chi connectivity index (χ2v) is 3.42. The van der Waals surface area contributed by atoms with Gasteiger partial charge in [0.05, 0.1) is 6.04 Å². The first-order chi connectivity index (χ1) is 6.61. The van der Waals surface area contributed by atoms with E-state index >= 15 is 0 Å². The minimum Gasteiger partial charge on any atom is -0.368 e. The smallest absolute Gasteiger partial charge is 0.234 e. The van der Waals surface area contributed by atoms with E-state index < -0.39 is 0 Å². The van der Waals surface area contributed by atoms with E-state index in [9.17, 15) is 4.79 Å². The van der Waals surface area contributed by atoms with Gasteiger partial charge in [0.2, 0.25) is 5.91 Å². The van der Waals surface area contributed by atoms with Crippen LogP contribution >= 0.6 is 0 Å². The molecular weight excluding hydrogens is 176 g/mol. The lowest BCUT2D eigenvalue weighted by Crippen LogP contribution is -2.39. The average molecular weight is 192 g/mol. The summed E-state index contributed by atoms with van der Waals surface area (Å²) in [4.78, 5) is 10.8. The molecule has 0 saturated carbocycles. The van der Waals surface area contributed by atoms with Crippen LogP contribution in [0, 0.1) is 0 Å².